The Morgan fingerprint density at radius 3 is 3.00 bits per heavy atom. The number of thiophene rings is 1. The molecule has 2 aromatic heterocycles. The van der Waals surface area contributed by atoms with Gasteiger partial charge in [-0.25, -0.2) is 4.98 Å². The van der Waals surface area contributed by atoms with Crippen molar-refractivity contribution in [3.8, 4) is 0 Å². The van der Waals surface area contributed by atoms with Crippen LogP contribution < -0.4 is 11.1 Å². The first-order valence-corrected chi connectivity index (χ1v) is 6.58. The van der Waals surface area contributed by atoms with Crippen LogP contribution in [-0.4, -0.2) is 16.9 Å². The van der Waals surface area contributed by atoms with Crippen molar-refractivity contribution in [2.24, 2.45) is 0 Å². The lowest BCUT2D eigenvalue weighted by molar-refractivity contribution is 0.0936. The highest BCUT2D eigenvalue weighted by Gasteiger charge is 2.14. The number of carbonyl (C=O) groups excluding carboxylic acids is 1. The molecule has 5 heteroatoms. The molecule has 3 N–H and O–H groups in total. The fourth-order valence-corrected chi connectivity index (χ4v) is 2.52. The summed E-state index contributed by atoms with van der Waals surface area (Å²) in [6.07, 6.45) is 2.38. The van der Waals surface area contributed by atoms with Gasteiger partial charge in [-0.15, -0.1) is 11.3 Å². The van der Waals surface area contributed by atoms with Gasteiger partial charge >= 0.3 is 0 Å². The topological polar surface area (TPSA) is 68.0 Å². The molecule has 2 heterocycles. The molecule has 0 aliphatic heterocycles. The molecule has 0 saturated carbocycles. The summed E-state index contributed by atoms with van der Waals surface area (Å²) in [5.74, 6) is -0.225. The molecule has 0 bridgehead atoms. The average Bonchev–Trinajstić information content (AvgIpc) is 2.82. The van der Waals surface area contributed by atoms with E-state index in [2.05, 4.69) is 16.4 Å². The number of aromatic nitrogens is 1. The van der Waals surface area contributed by atoms with Crippen LogP contribution in [0.15, 0.2) is 35.8 Å². The second-order valence-electron chi connectivity index (χ2n) is 4.10. The standard InChI is InChI=1S/C13H15N3OS/c1-9(8-10-4-3-7-18-10)16-13(17)12-11(14)5-2-6-15-12/h2-7,9H,8,14H2,1H3,(H,16,17). The fourth-order valence-electron chi connectivity index (χ4n) is 1.68. The summed E-state index contributed by atoms with van der Waals surface area (Å²) in [6, 6.07) is 7.50. The Labute approximate surface area is 110 Å². The van der Waals surface area contributed by atoms with Crippen LogP contribution in [0.4, 0.5) is 5.69 Å². The Kier molecular flexibility index (Phi) is 3.94. The Morgan fingerprint density at radius 2 is 2.33 bits per heavy atom. The average molecular weight is 261 g/mol. The number of rotatable bonds is 4. The van der Waals surface area contributed by atoms with Crippen LogP contribution in [0.2, 0.25) is 0 Å². The number of nitrogens with two attached hydrogens (primary N) is 1. The van der Waals surface area contributed by atoms with Gasteiger partial charge in [0.25, 0.3) is 5.91 Å². The third-order valence-electron chi connectivity index (χ3n) is 2.52. The minimum absolute atomic E-state index is 0.0533. The van der Waals surface area contributed by atoms with Gasteiger partial charge in [0.15, 0.2) is 5.69 Å². The van der Waals surface area contributed by atoms with Crippen molar-refractivity contribution in [3.63, 3.8) is 0 Å². The van der Waals surface area contributed by atoms with Gasteiger partial charge in [0.1, 0.15) is 0 Å². The lowest BCUT2D eigenvalue weighted by Gasteiger charge is -2.13. The minimum Gasteiger partial charge on any atom is -0.397 e. The molecular weight excluding hydrogens is 246 g/mol. The third kappa shape index (κ3) is 3.07. The number of pyridine rings is 1. The lowest BCUT2D eigenvalue weighted by atomic mass is 10.2. The van der Waals surface area contributed by atoms with Crippen molar-refractivity contribution >= 4 is 22.9 Å². The first-order valence-electron chi connectivity index (χ1n) is 5.70. The number of nitrogen functional groups attached to an aromatic ring is 1. The van der Waals surface area contributed by atoms with Crippen molar-refractivity contribution in [2.75, 3.05) is 5.73 Å². The highest BCUT2D eigenvalue weighted by atomic mass is 32.1. The molecule has 1 unspecified atom stereocenters. The number of carbonyl (C=O) groups is 1. The summed E-state index contributed by atoms with van der Waals surface area (Å²) in [5.41, 5.74) is 6.40. The molecule has 0 aromatic carbocycles. The zero-order valence-corrected chi connectivity index (χ0v) is 10.9. The molecule has 1 amide bonds. The summed E-state index contributed by atoms with van der Waals surface area (Å²) in [5, 5.41) is 4.93. The normalized spacial score (nSPS) is 12.1. The highest BCUT2D eigenvalue weighted by molar-refractivity contribution is 7.09. The van der Waals surface area contributed by atoms with Crippen LogP contribution >= 0.6 is 11.3 Å². The van der Waals surface area contributed by atoms with Crippen LogP contribution in [-0.2, 0) is 6.42 Å². The van der Waals surface area contributed by atoms with Crippen LogP contribution in [0.1, 0.15) is 22.3 Å². The van der Waals surface area contributed by atoms with E-state index in [1.54, 1.807) is 29.7 Å². The van der Waals surface area contributed by atoms with Gasteiger partial charge in [-0.3, -0.25) is 4.79 Å². The molecule has 1 atom stereocenters. The maximum atomic E-state index is 12.0. The predicted molar refractivity (Wildman–Crippen MR) is 73.6 cm³/mol. The van der Waals surface area contributed by atoms with Crippen LogP contribution in [0.3, 0.4) is 0 Å². The van der Waals surface area contributed by atoms with E-state index in [-0.39, 0.29) is 17.6 Å². The van der Waals surface area contributed by atoms with Gasteiger partial charge in [0.2, 0.25) is 0 Å². The zero-order valence-electron chi connectivity index (χ0n) is 10.1. The molecule has 0 radical (unpaired) electrons. The molecule has 0 fully saturated rings. The van der Waals surface area contributed by atoms with E-state index in [0.717, 1.165) is 6.42 Å². The lowest BCUT2D eigenvalue weighted by Crippen LogP contribution is -2.34. The van der Waals surface area contributed by atoms with E-state index >= 15 is 0 Å². The second kappa shape index (κ2) is 5.64. The molecule has 0 saturated heterocycles. The van der Waals surface area contributed by atoms with Crippen LogP contribution in [0, 0.1) is 0 Å². The smallest absolute Gasteiger partial charge is 0.272 e. The van der Waals surface area contributed by atoms with Crippen molar-refractivity contribution in [2.45, 2.75) is 19.4 Å². The number of hydrogen-bond donors (Lipinski definition) is 2. The molecule has 18 heavy (non-hydrogen) atoms. The summed E-state index contributed by atoms with van der Waals surface area (Å²) in [4.78, 5) is 17.2. The Balaban J connectivity index is 1.97. The van der Waals surface area contributed by atoms with Crippen molar-refractivity contribution in [1.82, 2.24) is 10.3 Å². The quantitative estimate of drug-likeness (QED) is 0.885. The van der Waals surface area contributed by atoms with Gasteiger partial charge in [0, 0.05) is 23.5 Å². The molecular formula is C13H15N3OS. The molecule has 0 spiro atoms. The molecule has 0 aliphatic carbocycles. The highest BCUT2D eigenvalue weighted by Crippen LogP contribution is 2.12. The summed E-state index contributed by atoms with van der Waals surface area (Å²) in [6.45, 7) is 1.97. The Hall–Kier alpha value is -1.88. The molecule has 94 valence electrons. The number of amides is 1. The number of anilines is 1. The second-order valence-corrected chi connectivity index (χ2v) is 5.13. The van der Waals surface area contributed by atoms with Gasteiger partial charge in [-0.1, -0.05) is 6.07 Å². The third-order valence-corrected chi connectivity index (χ3v) is 3.42. The largest absolute Gasteiger partial charge is 0.397 e. The van der Waals surface area contributed by atoms with Crippen LogP contribution in [0.25, 0.3) is 0 Å². The number of nitrogens with zero attached hydrogens (tertiary/aromatic N) is 1. The Bertz CT molecular complexity index is 525. The SMILES string of the molecule is CC(Cc1cccs1)NC(=O)c1ncccc1N. The van der Waals surface area contributed by atoms with E-state index in [1.807, 2.05) is 18.4 Å². The monoisotopic (exact) mass is 261 g/mol. The number of hydrogen-bond acceptors (Lipinski definition) is 4. The van der Waals surface area contributed by atoms with E-state index in [9.17, 15) is 4.79 Å². The fraction of sp³-hybridized carbons (Fsp3) is 0.231. The summed E-state index contributed by atoms with van der Waals surface area (Å²) in [7, 11) is 0. The van der Waals surface area contributed by atoms with Gasteiger partial charge in [-0.05, 0) is 30.5 Å². The summed E-state index contributed by atoms with van der Waals surface area (Å²) < 4.78 is 0. The minimum atomic E-state index is -0.225. The maximum Gasteiger partial charge on any atom is 0.272 e. The van der Waals surface area contributed by atoms with Gasteiger partial charge in [-0.2, -0.15) is 0 Å². The molecule has 2 rings (SSSR count). The first kappa shape index (κ1) is 12.6. The molecule has 2 aromatic rings. The van der Waals surface area contributed by atoms with Gasteiger partial charge in [0.05, 0.1) is 5.69 Å². The first-order chi connectivity index (χ1) is 8.66. The van der Waals surface area contributed by atoms with Crippen molar-refractivity contribution in [1.29, 1.82) is 0 Å². The Morgan fingerprint density at radius 1 is 1.50 bits per heavy atom. The van der Waals surface area contributed by atoms with E-state index in [4.69, 9.17) is 5.73 Å². The van der Waals surface area contributed by atoms with Crippen molar-refractivity contribution in [3.05, 3.63) is 46.4 Å². The van der Waals surface area contributed by atoms with E-state index < -0.39 is 0 Å². The molecule has 0 aliphatic rings. The maximum absolute atomic E-state index is 12.0. The van der Waals surface area contributed by atoms with Gasteiger partial charge < -0.3 is 11.1 Å². The van der Waals surface area contributed by atoms with E-state index in [1.165, 1.54) is 4.88 Å². The van der Waals surface area contributed by atoms with E-state index in [0.29, 0.717) is 5.69 Å². The number of nitrogens with one attached hydrogen (secondary N) is 1. The van der Waals surface area contributed by atoms with Crippen LogP contribution in [0.5, 0.6) is 0 Å². The zero-order chi connectivity index (χ0) is 13.0. The van der Waals surface area contributed by atoms with Crippen molar-refractivity contribution < 1.29 is 4.79 Å². The molecule has 4 nitrogen and oxygen atoms in total. The summed E-state index contributed by atoms with van der Waals surface area (Å²) >= 11 is 1.69. The predicted octanol–water partition coefficient (Wildman–Crippen LogP) is 2.09.